The molecule has 198 valence electrons. The molecule has 10 heteroatoms. The number of nitrogens with one attached hydrogen (secondary N) is 2. The smallest absolute Gasteiger partial charge is 0.286 e. The molecule has 3 heterocycles. The zero-order valence-electron chi connectivity index (χ0n) is 21.4. The number of hydrogen-bond acceptors (Lipinski definition) is 6. The van der Waals surface area contributed by atoms with E-state index in [4.69, 9.17) is 14.6 Å². The van der Waals surface area contributed by atoms with Gasteiger partial charge < -0.3 is 24.9 Å². The fourth-order valence-electron chi connectivity index (χ4n) is 4.76. The molecule has 0 saturated carbocycles. The van der Waals surface area contributed by atoms with Crippen molar-refractivity contribution in [1.29, 1.82) is 0 Å². The number of nitrogens with zero attached hydrogens (tertiary/aromatic N) is 3. The first-order valence-corrected chi connectivity index (χ1v) is 12.6. The van der Waals surface area contributed by atoms with Crippen LogP contribution in [0, 0.1) is 6.92 Å². The first-order valence-electron chi connectivity index (χ1n) is 12.6. The molecule has 0 aliphatic carbocycles. The molecule has 2 aromatic carbocycles. The second kappa shape index (κ2) is 11.1. The molecule has 10 nitrogen and oxygen atoms in total. The number of carbonyl (C=O) groups excluding carboxylic acids is 1. The minimum atomic E-state index is -0.743. The third kappa shape index (κ3) is 5.13. The van der Waals surface area contributed by atoms with E-state index in [1.165, 1.54) is 0 Å². The molecule has 0 spiro atoms. The maximum Gasteiger partial charge on any atom is 0.286 e. The quantitative estimate of drug-likeness (QED) is 0.294. The monoisotopic (exact) mass is 517 g/mol. The molecule has 1 amide bonds. The summed E-state index contributed by atoms with van der Waals surface area (Å²) in [4.78, 5) is 34.5. The van der Waals surface area contributed by atoms with Crippen LogP contribution >= 0.6 is 0 Å². The number of aromatic nitrogens is 4. The fourth-order valence-corrected chi connectivity index (χ4v) is 4.76. The Labute approximate surface area is 219 Å². The largest absolute Gasteiger partial charge is 0.459 e. The fraction of sp³-hybridized carbons (Fsp3) is 0.321. The molecule has 0 unspecified atom stereocenters. The van der Waals surface area contributed by atoms with Crippen LogP contribution in [0.15, 0.2) is 71.2 Å². The summed E-state index contributed by atoms with van der Waals surface area (Å²) in [5.74, 6) is -0.130. The molecule has 2 aromatic heterocycles. The van der Waals surface area contributed by atoms with Gasteiger partial charge in [0.15, 0.2) is 5.76 Å². The van der Waals surface area contributed by atoms with Gasteiger partial charge in [-0.3, -0.25) is 14.3 Å². The summed E-state index contributed by atoms with van der Waals surface area (Å²) in [6.07, 6.45) is 1.75. The molecule has 1 aliphatic rings. The number of fused-ring (bicyclic) bond motifs is 1. The summed E-state index contributed by atoms with van der Waals surface area (Å²) < 4.78 is 15.2. The number of ether oxygens (including phenoxy) is 2. The molecule has 38 heavy (non-hydrogen) atoms. The van der Waals surface area contributed by atoms with Gasteiger partial charge >= 0.3 is 0 Å². The van der Waals surface area contributed by atoms with Crippen molar-refractivity contribution in [2.75, 3.05) is 13.2 Å². The van der Waals surface area contributed by atoms with Crippen LogP contribution in [0.1, 0.15) is 35.8 Å². The zero-order chi connectivity index (χ0) is 26.6. The summed E-state index contributed by atoms with van der Waals surface area (Å²) in [5, 5.41) is 12.0. The number of allylic oxidation sites excluding steroid dienone is 1. The molecule has 1 aliphatic heterocycles. The van der Waals surface area contributed by atoms with E-state index in [0.29, 0.717) is 24.2 Å². The van der Waals surface area contributed by atoms with E-state index in [2.05, 4.69) is 15.3 Å². The third-order valence-corrected chi connectivity index (χ3v) is 6.71. The summed E-state index contributed by atoms with van der Waals surface area (Å²) in [7, 11) is 1.84. The number of carbonyl (C=O) groups is 1. The van der Waals surface area contributed by atoms with Crippen LogP contribution in [0.5, 0.6) is 0 Å². The van der Waals surface area contributed by atoms with Gasteiger partial charge in [0.2, 0.25) is 6.29 Å². The van der Waals surface area contributed by atoms with Crippen LogP contribution in [-0.4, -0.2) is 49.8 Å². The van der Waals surface area contributed by atoms with E-state index in [1.54, 1.807) is 10.8 Å². The molecule has 0 bridgehead atoms. The number of rotatable bonds is 9. The van der Waals surface area contributed by atoms with Crippen molar-refractivity contribution in [3.05, 3.63) is 93.9 Å². The lowest BCUT2D eigenvalue weighted by Crippen LogP contribution is -2.34. The van der Waals surface area contributed by atoms with E-state index in [0.717, 1.165) is 22.4 Å². The predicted octanol–water partition coefficient (Wildman–Crippen LogP) is 2.79. The Hall–Kier alpha value is -4.15. The van der Waals surface area contributed by atoms with E-state index >= 15 is 0 Å². The number of hydrogen-bond donors (Lipinski definition) is 3. The lowest BCUT2D eigenvalue weighted by molar-refractivity contribution is -0.147. The van der Waals surface area contributed by atoms with E-state index in [-0.39, 0.29) is 31.1 Å². The average Bonchev–Trinajstić information content (AvgIpc) is 3.45. The maximum absolute atomic E-state index is 13.6. The van der Waals surface area contributed by atoms with Crippen molar-refractivity contribution >= 4 is 16.9 Å². The van der Waals surface area contributed by atoms with Gasteiger partial charge in [0.05, 0.1) is 29.9 Å². The van der Waals surface area contributed by atoms with Gasteiger partial charge in [0.1, 0.15) is 5.82 Å². The van der Waals surface area contributed by atoms with Crippen LogP contribution in [-0.2, 0) is 27.9 Å². The number of H-pyrrole nitrogens is 1. The van der Waals surface area contributed by atoms with Crippen molar-refractivity contribution in [2.45, 2.75) is 38.5 Å². The Kier molecular flexibility index (Phi) is 7.43. The van der Waals surface area contributed by atoms with Gasteiger partial charge in [-0.1, -0.05) is 30.3 Å². The lowest BCUT2D eigenvalue weighted by Gasteiger charge is -2.28. The number of amides is 1. The molecule has 4 aromatic rings. The summed E-state index contributed by atoms with van der Waals surface area (Å²) >= 11 is 0. The van der Waals surface area contributed by atoms with Gasteiger partial charge in [-0.2, -0.15) is 0 Å². The maximum atomic E-state index is 13.6. The van der Waals surface area contributed by atoms with Gasteiger partial charge in [-0.25, -0.2) is 9.67 Å². The third-order valence-electron chi connectivity index (χ3n) is 6.71. The van der Waals surface area contributed by atoms with Crippen molar-refractivity contribution in [1.82, 2.24) is 24.6 Å². The van der Waals surface area contributed by atoms with E-state index in [9.17, 15) is 9.59 Å². The number of aromatic amines is 1. The topological polar surface area (TPSA) is 123 Å². The number of benzene rings is 2. The highest BCUT2D eigenvalue weighted by atomic mass is 16.7. The number of aliphatic hydroxyl groups is 1. The highest BCUT2D eigenvalue weighted by Gasteiger charge is 2.33. The Morgan fingerprint density at radius 1 is 1.21 bits per heavy atom. The Bertz CT molecular complexity index is 1480. The zero-order valence-corrected chi connectivity index (χ0v) is 21.4. The molecule has 0 radical (unpaired) electrons. The van der Waals surface area contributed by atoms with Gasteiger partial charge in [0.25, 0.3) is 11.5 Å². The minimum Gasteiger partial charge on any atom is -0.459 e. The van der Waals surface area contributed by atoms with Gasteiger partial charge in [-0.05, 0) is 43.7 Å². The van der Waals surface area contributed by atoms with Crippen molar-refractivity contribution in [3.63, 3.8) is 0 Å². The second-order valence-electron chi connectivity index (χ2n) is 9.23. The van der Waals surface area contributed by atoms with Crippen molar-refractivity contribution in [3.8, 4) is 5.69 Å². The van der Waals surface area contributed by atoms with Crippen LogP contribution in [0.4, 0.5) is 0 Å². The standard InChI is InChI=1S/C28H31N5O5/c1-18-26(28(36)33(32(18)2)20-9-4-3-5-10-20)19-15-23(38-25(16-19)37-14-8-13-34)27(35)29-17-24-30-21-11-6-7-12-22(21)31-24/h3-7,9-12,15,19,25,34H,8,13-14,16-17H2,1-2H3,(H,29,35)(H,30,31)/t19-,25+/m1/s1. The minimum absolute atomic E-state index is 0.0175. The lowest BCUT2D eigenvalue weighted by atomic mass is 9.93. The van der Waals surface area contributed by atoms with Crippen LogP contribution in [0.25, 0.3) is 16.7 Å². The number of para-hydroxylation sites is 3. The molecule has 3 N–H and O–H groups in total. The van der Waals surface area contributed by atoms with Crippen LogP contribution < -0.4 is 10.9 Å². The van der Waals surface area contributed by atoms with Crippen LogP contribution in [0.3, 0.4) is 0 Å². The Morgan fingerprint density at radius 2 is 1.97 bits per heavy atom. The number of aliphatic hydroxyl groups excluding tert-OH is 1. The highest BCUT2D eigenvalue weighted by molar-refractivity contribution is 5.91. The molecule has 0 fully saturated rings. The summed E-state index contributed by atoms with van der Waals surface area (Å²) in [6.45, 7) is 2.32. The first-order chi connectivity index (χ1) is 18.5. The predicted molar refractivity (Wildman–Crippen MR) is 142 cm³/mol. The van der Waals surface area contributed by atoms with Crippen molar-refractivity contribution < 1.29 is 19.4 Å². The average molecular weight is 518 g/mol. The summed E-state index contributed by atoms with van der Waals surface area (Å²) in [6, 6.07) is 17.1. The van der Waals surface area contributed by atoms with Gasteiger partial charge in [0, 0.05) is 37.3 Å². The van der Waals surface area contributed by atoms with Gasteiger partial charge in [-0.15, -0.1) is 0 Å². The van der Waals surface area contributed by atoms with E-state index < -0.39 is 18.1 Å². The van der Waals surface area contributed by atoms with Crippen molar-refractivity contribution in [2.24, 2.45) is 7.05 Å². The highest BCUT2D eigenvalue weighted by Crippen LogP contribution is 2.32. The molecular weight excluding hydrogens is 486 g/mol. The second-order valence-corrected chi connectivity index (χ2v) is 9.23. The summed E-state index contributed by atoms with van der Waals surface area (Å²) in [5.41, 5.74) is 3.67. The molecular formula is C28H31N5O5. The number of imidazole rings is 1. The molecule has 5 rings (SSSR count). The molecule has 2 atom stereocenters. The van der Waals surface area contributed by atoms with E-state index in [1.807, 2.05) is 73.3 Å². The normalized spacial score (nSPS) is 17.3. The first kappa shape index (κ1) is 25.5. The SMILES string of the molecule is Cc1c([C@@H]2C=C(C(=O)NCc3nc4ccccc4[nH]3)O[C@H](OCCCO)C2)c(=O)n(-c2ccccc2)n1C. The Morgan fingerprint density at radius 3 is 2.74 bits per heavy atom. The molecule has 0 saturated heterocycles. The van der Waals surface area contributed by atoms with Crippen LogP contribution in [0.2, 0.25) is 0 Å². The Balaban J connectivity index is 1.42.